The van der Waals surface area contributed by atoms with Crippen molar-refractivity contribution >= 4 is 33.2 Å². The standard InChI is InChI=1S/C18H21BrN2O/c1-13(2)21(15-10-8-14(3)9-11-15)12-18(22)20-17-7-5-4-6-16(17)19/h4-11,13H,12H2,1-3H3,(H,20,22). The number of benzene rings is 2. The molecule has 0 aliphatic carbocycles. The second-order valence-corrected chi connectivity index (χ2v) is 6.44. The summed E-state index contributed by atoms with van der Waals surface area (Å²) >= 11 is 3.44. The summed E-state index contributed by atoms with van der Waals surface area (Å²) in [4.78, 5) is 14.4. The van der Waals surface area contributed by atoms with E-state index in [-0.39, 0.29) is 11.9 Å². The van der Waals surface area contributed by atoms with Crippen molar-refractivity contribution in [1.29, 1.82) is 0 Å². The first-order chi connectivity index (χ1) is 10.5. The maximum Gasteiger partial charge on any atom is 0.243 e. The molecule has 0 aliphatic heterocycles. The molecular formula is C18H21BrN2O. The molecule has 1 amide bonds. The predicted octanol–water partition coefficient (Wildman–Crippen LogP) is 4.61. The monoisotopic (exact) mass is 360 g/mol. The molecule has 2 aromatic carbocycles. The van der Waals surface area contributed by atoms with Gasteiger partial charge in [0.1, 0.15) is 0 Å². The topological polar surface area (TPSA) is 32.3 Å². The second kappa shape index (κ2) is 7.45. The molecule has 0 unspecified atom stereocenters. The van der Waals surface area contributed by atoms with Crippen molar-refractivity contribution in [2.75, 3.05) is 16.8 Å². The first-order valence-corrected chi connectivity index (χ1v) is 8.14. The fourth-order valence-corrected chi connectivity index (χ4v) is 2.60. The zero-order valence-corrected chi connectivity index (χ0v) is 14.7. The van der Waals surface area contributed by atoms with Gasteiger partial charge >= 0.3 is 0 Å². The lowest BCUT2D eigenvalue weighted by molar-refractivity contribution is -0.115. The fraction of sp³-hybridized carbons (Fsp3) is 0.278. The van der Waals surface area contributed by atoms with E-state index in [4.69, 9.17) is 0 Å². The van der Waals surface area contributed by atoms with Crippen LogP contribution in [0.15, 0.2) is 53.0 Å². The maximum absolute atomic E-state index is 12.3. The van der Waals surface area contributed by atoms with E-state index in [1.165, 1.54) is 5.56 Å². The third-order valence-electron chi connectivity index (χ3n) is 3.45. The average molecular weight is 361 g/mol. The Balaban J connectivity index is 2.09. The summed E-state index contributed by atoms with van der Waals surface area (Å²) in [6.07, 6.45) is 0. The van der Waals surface area contributed by atoms with Gasteiger partial charge in [0.2, 0.25) is 5.91 Å². The molecule has 3 nitrogen and oxygen atoms in total. The van der Waals surface area contributed by atoms with Crippen LogP contribution in [0.4, 0.5) is 11.4 Å². The smallest absolute Gasteiger partial charge is 0.243 e. The highest BCUT2D eigenvalue weighted by atomic mass is 79.9. The summed E-state index contributed by atoms with van der Waals surface area (Å²) in [5.41, 5.74) is 3.06. The van der Waals surface area contributed by atoms with Crippen molar-refractivity contribution in [2.45, 2.75) is 26.8 Å². The van der Waals surface area contributed by atoms with Crippen molar-refractivity contribution in [3.63, 3.8) is 0 Å². The van der Waals surface area contributed by atoms with Crippen molar-refractivity contribution in [3.05, 3.63) is 58.6 Å². The molecule has 4 heteroatoms. The van der Waals surface area contributed by atoms with Crippen LogP contribution in [0.1, 0.15) is 19.4 Å². The zero-order valence-electron chi connectivity index (χ0n) is 13.1. The number of rotatable bonds is 5. The second-order valence-electron chi connectivity index (χ2n) is 5.59. The molecule has 2 rings (SSSR count). The van der Waals surface area contributed by atoms with E-state index in [2.05, 4.69) is 71.2 Å². The number of hydrogen-bond acceptors (Lipinski definition) is 2. The number of anilines is 2. The highest BCUT2D eigenvalue weighted by Crippen LogP contribution is 2.22. The van der Waals surface area contributed by atoms with Gasteiger partial charge in [0.25, 0.3) is 0 Å². The minimum atomic E-state index is -0.0267. The van der Waals surface area contributed by atoms with Crippen LogP contribution in [0.2, 0.25) is 0 Å². The lowest BCUT2D eigenvalue weighted by Gasteiger charge is -2.28. The Morgan fingerprint density at radius 1 is 1.14 bits per heavy atom. The molecule has 0 saturated carbocycles. The predicted molar refractivity (Wildman–Crippen MR) is 96.4 cm³/mol. The molecule has 0 spiro atoms. The van der Waals surface area contributed by atoms with Crippen LogP contribution in [-0.4, -0.2) is 18.5 Å². The molecule has 2 aromatic rings. The molecule has 0 aromatic heterocycles. The first-order valence-electron chi connectivity index (χ1n) is 7.35. The van der Waals surface area contributed by atoms with Crippen LogP contribution in [0, 0.1) is 6.92 Å². The van der Waals surface area contributed by atoms with Gasteiger partial charge in [0.05, 0.1) is 12.2 Å². The number of carbonyl (C=O) groups is 1. The summed E-state index contributed by atoms with van der Waals surface area (Å²) in [6.45, 7) is 6.56. The SMILES string of the molecule is Cc1ccc(N(CC(=O)Nc2ccccc2Br)C(C)C)cc1. The first kappa shape index (κ1) is 16.6. The highest BCUT2D eigenvalue weighted by molar-refractivity contribution is 9.10. The van der Waals surface area contributed by atoms with Crippen molar-refractivity contribution in [1.82, 2.24) is 0 Å². The van der Waals surface area contributed by atoms with E-state index in [9.17, 15) is 4.79 Å². The molecule has 1 N–H and O–H groups in total. The number of halogens is 1. The Morgan fingerprint density at radius 2 is 1.77 bits per heavy atom. The molecule has 0 radical (unpaired) electrons. The number of para-hydroxylation sites is 1. The summed E-state index contributed by atoms with van der Waals surface area (Å²) in [6, 6.07) is 16.1. The van der Waals surface area contributed by atoms with E-state index in [0.29, 0.717) is 6.54 Å². The van der Waals surface area contributed by atoms with Gasteiger partial charge in [0, 0.05) is 16.2 Å². The van der Waals surface area contributed by atoms with Gasteiger partial charge in [0.15, 0.2) is 0 Å². The fourth-order valence-electron chi connectivity index (χ4n) is 2.22. The quantitative estimate of drug-likeness (QED) is 0.844. The summed E-state index contributed by atoms with van der Waals surface area (Å²) < 4.78 is 0.884. The lowest BCUT2D eigenvalue weighted by Crippen LogP contribution is -2.38. The third-order valence-corrected chi connectivity index (χ3v) is 4.14. The van der Waals surface area contributed by atoms with E-state index < -0.39 is 0 Å². The van der Waals surface area contributed by atoms with Crippen LogP contribution >= 0.6 is 15.9 Å². The molecule has 22 heavy (non-hydrogen) atoms. The molecular weight excluding hydrogens is 340 g/mol. The maximum atomic E-state index is 12.3. The largest absolute Gasteiger partial charge is 0.360 e. The van der Waals surface area contributed by atoms with Gasteiger partial charge in [-0.3, -0.25) is 4.79 Å². The van der Waals surface area contributed by atoms with Crippen molar-refractivity contribution in [3.8, 4) is 0 Å². The minimum absolute atomic E-state index is 0.0267. The van der Waals surface area contributed by atoms with Crippen LogP contribution in [0.5, 0.6) is 0 Å². The number of amides is 1. The number of carbonyl (C=O) groups excluding carboxylic acids is 1. The van der Waals surface area contributed by atoms with Gasteiger partial charge in [-0.2, -0.15) is 0 Å². The van der Waals surface area contributed by atoms with E-state index >= 15 is 0 Å². The summed E-state index contributed by atoms with van der Waals surface area (Å²) in [5, 5.41) is 2.95. The number of nitrogens with zero attached hydrogens (tertiary/aromatic N) is 1. The van der Waals surface area contributed by atoms with Crippen LogP contribution in [0.3, 0.4) is 0 Å². The Hall–Kier alpha value is -1.81. The van der Waals surface area contributed by atoms with Gasteiger partial charge in [-0.15, -0.1) is 0 Å². The lowest BCUT2D eigenvalue weighted by atomic mass is 10.2. The number of nitrogens with one attached hydrogen (secondary N) is 1. The van der Waals surface area contributed by atoms with E-state index in [1.54, 1.807) is 0 Å². The molecule has 116 valence electrons. The number of aryl methyl sites for hydroxylation is 1. The average Bonchev–Trinajstić information content (AvgIpc) is 2.48. The van der Waals surface area contributed by atoms with Crippen LogP contribution in [-0.2, 0) is 4.79 Å². The normalized spacial score (nSPS) is 10.6. The molecule has 0 saturated heterocycles. The van der Waals surface area contributed by atoms with Crippen molar-refractivity contribution < 1.29 is 4.79 Å². The molecule has 0 atom stereocenters. The minimum Gasteiger partial charge on any atom is -0.360 e. The highest BCUT2D eigenvalue weighted by Gasteiger charge is 2.15. The Morgan fingerprint density at radius 3 is 2.36 bits per heavy atom. The Bertz CT molecular complexity index is 638. The molecule has 0 aliphatic rings. The van der Waals surface area contributed by atoms with E-state index in [0.717, 1.165) is 15.8 Å². The van der Waals surface area contributed by atoms with Gasteiger partial charge < -0.3 is 10.2 Å². The Kier molecular flexibility index (Phi) is 5.61. The zero-order chi connectivity index (χ0) is 16.1. The van der Waals surface area contributed by atoms with Crippen molar-refractivity contribution in [2.24, 2.45) is 0 Å². The molecule has 0 fully saturated rings. The number of hydrogen-bond donors (Lipinski definition) is 1. The molecule has 0 bridgehead atoms. The van der Waals surface area contributed by atoms with Crippen LogP contribution < -0.4 is 10.2 Å². The molecule has 0 heterocycles. The van der Waals surface area contributed by atoms with Crippen LogP contribution in [0.25, 0.3) is 0 Å². The Labute approximate surface area is 140 Å². The van der Waals surface area contributed by atoms with Gasteiger partial charge in [-0.05, 0) is 61.0 Å². The van der Waals surface area contributed by atoms with E-state index in [1.807, 2.05) is 24.3 Å². The van der Waals surface area contributed by atoms with Gasteiger partial charge in [-0.1, -0.05) is 29.8 Å². The van der Waals surface area contributed by atoms with Gasteiger partial charge in [-0.25, -0.2) is 0 Å². The third kappa shape index (κ3) is 4.34. The summed E-state index contributed by atoms with van der Waals surface area (Å²) in [5.74, 6) is -0.0267. The summed E-state index contributed by atoms with van der Waals surface area (Å²) in [7, 11) is 0.